The van der Waals surface area contributed by atoms with Crippen molar-refractivity contribution in [2.45, 2.75) is 31.2 Å². The molecular formula is C12H11F2NO. The van der Waals surface area contributed by atoms with E-state index in [0.717, 1.165) is 25.3 Å². The van der Waals surface area contributed by atoms with E-state index in [4.69, 9.17) is 0 Å². The van der Waals surface area contributed by atoms with Crippen LogP contribution in [0.3, 0.4) is 0 Å². The van der Waals surface area contributed by atoms with Crippen LogP contribution in [0.4, 0.5) is 8.78 Å². The second kappa shape index (κ2) is 3.49. The zero-order valence-electron chi connectivity index (χ0n) is 8.84. The summed E-state index contributed by atoms with van der Waals surface area (Å²) in [5.74, 6) is -2.83. The van der Waals surface area contributed by atoms with E-state index >= 15 is 0 Å². The van der Waals surface area contributed by atoms with Gasteiger partial charge in [-0.05, 0) is 18.4 Å². The summed E-state index contributed by atoms with van der Waals surface area (Å²) in [6.07, 6.45) is 3.10. The molecule has 0 spiro atoms. The van der Waals surface area contributed by atoms with Crippen LogP contribution in [0.1, 0.15) is 30.9 Å². The van der Waals surface area contributed by atoms with Crippen LogP contribution >= 0.6 is 0 Å². The second-order valence-electron chi connectivity index (χ2n) is 4.20. The highest BCUT2D eigenvalue weighted by molar-refractivity contribution is 5.42. The summed E-state index contributed by atoms with van der Waals surface area (Å²) in [4.78, 5) is 14.0. The van der Waals surface area contributed by atoms with Gasteiger partial charge in [-0.2, -0.15) is 4.99 Å². The number of nitrogens with zero attached hydrogens (tertiary/aromatic N) is 1. The van der Waals surface area contributed by atoms with Gasteiger partial charge in [0.15, 0.2) is 0 Å². The van der Waals surface area contributed by atoms with Crippen molar-refractivity contribution in [2.75, 3.05) is 0 Å². The fourth-order valence-corrected chi connectivity index (χ4v) is 1.74. The predicted molar refractivity (Wildman–Crippen MR) is 55.0 cm³/mol. The van der Waals surface area contributed by atoms with Crippen LogP contribution in [-0.4, -0.2) is 6.08 Å². The summed E-state index contributed by atoms with van der Waals surface area (Å²) < 4.78 is 25.9. The van der Waals surface area contributed by atoms with Crippen molar-refractivity contribution in [1.82, 2.24) is 0 Å². The third kappa shape index (κ3) is 1.89. The van der Waals surface area contributed by atoms with Crippen molar-refractivity contribution in [2.24, 2.45) is 4.99 Å². The number of halogens is 2. The van der Waals surface area contributed by atoms with Gasteiger partial charge in [0, 0.05) is 12.5 Å². The van der Waals surface area contributed by atoms with Crippen molar-refractivity contribution in [1.29, 1.82) is 0 Å². The first-order chi connectivity index (χ1) is 7.48. The number of isocyanates is 1. The lowest BCUT2D eigenvalue weighted by Gasteiger charge is -2.13. The molecule has 84 valence electrons. The molecule has 0 aromatic heterocycles. The molecule has 0 radical (unpaired) electrons. The van der Waals surface area contributed by atoms with Crippen molar-refractivity contribution in [3.8, 4) is 0 Å². The average molecular weight is 223 g/mol. The van der Waals surface area contributed by atoms with Gasteiger partial charge >= 0.3 is 0 Å². The van der Waals surface area contributed by atoms with Gasteiger partial charge in [0.1, 0.15) is 0 Å². The van der Waals surface area contributed by atoms with E-state index in [1.165, 1.54) is 12.1 Å². The van der Waals surface area contributed by atoms with Gasteiger partial charge in [0.25, 0.3) is 5.92 Å². The monoisotopic (exact) mass is 223 g/mol. The molecule has 0 N–H and O–H groups in total. The molecule has 2 rings (SSSR count). The van der Waals surface area contributed by atoms with E-state index in [2.05, 4.69) is 4.99 Å². The fourth-order valence-electron chi connectivity index (χ4n) is 1.74. The molecule has 4 heteroatoms. The Balaban J connectivity index is 2.30. The third-order valence-corrected chi connectivity index (χ3v) is 2.91. The number of rotatable bonds is 3. The molecule has 1 aliphatic carbocycles. The minimum atomic E-state index is -2.83. The highest BCUT2D eigenvalue weighted by Gasteiger charge is 2.44. The Labute approximate surface area is 92.0 Å². The van der Waals surface area contributed by atoms with Gasteiger partial charge < -0.3 is 0 Å². The maximum atomic E-state index is 13.0. The lowest BCUT2D eigenvalue weighted by atomic mass is 10.0. The SMILES string of the molecule is CC(F)(F)c1ccc(C2(N=C=O)CC2)cc1. The molecule has 0 unspecified atom stereocenters. The van der Waals surface area contributed by atoms with Crippen LogP contribution in [0.5, 0.6) is 0 Å². The van der Waals surface area contributed by atoms with Crippen molar-refractivity contribution in [3.63, 3.8) is 0 Å². The largest absolute Gasteiger partial charge is 0.270 e. The minimum absolute atomic E-state index is 0.0258. The van der Waals surface area contributed by atoms with Crippen LogP contribution in [-0.2, 0) is 16.3 Å². The minimum Gasteiger partial charge on any atom is -0.211 e. The maximum Gasteiger partial charge on any atom is 0.270 e. The van der Waals surface area contributed by atoms with E-state index in [9.17, 15) is 13.6 Å². The Bertz CT molecular complexity index is 437. The smallest absolute Gasteiger partial charge is 0.211 e. The molecular weight excluding hydrogens is 212 g/mol. The van der Waals surface area contributed by atoms with Crippen molar-refractivity contribution < 1.29 is 13.6 Å². The van der Waals surface area contributed by atoms with E-state index in [1.54, 1.807) is 18.2 Å². The highest BCUT2D eigenvalue weighted by atomic mass is 19.3. The average Bonchev–Trinajstić information content (AvgIpc) is 2.99. The normalized spacial score (nSPS) is 17.7. The molecule has 1 saturated carbocycles. The second-order valence-corrected chi connectivity index (χ2v) is 4.20. The summed E-state index contributed by atoms with van der Waals surface area (Å²) in [6, 6.07) is 5.99. The van der Waals surface area contributed by atoms with Crippen LogP contribution in [0.2, 0.25) is 0 Å². The number of aliphatic imine (C=N–C) groups is 1. The van der Waals surface area contributed by atoms with Gasteiger partial charge in [0.05, 0.1) is 5.54 Å². The summed E-state index contributed by atoms with van der Waals surface area (Å²) in [5.41, 5.74) is 0.300. The quantitative estimate of drug-likeness (QED) is 0.571. The standard InChI is InChI=1S/C12H11F2NO/c1-11(13,14)9-2-4-10(5-3-9)12(6-7-12)15-8-16/h2-5H,6-7H2,1H3. The molecule has 1 aromatic carbocycles. The Morgan fingerprint density at radius 2 is 1.88 bits per heavy atom. The molecule has 1 aromatic rings. The Kier molecular flexibility index (Phi) is 2.39. The molecule has 1 fully saturated rings. The molecule has 0 saturated heterocycles. The Morgan fingerprint density at radius 1 is 1.31 bits per heavy atom. The highest BCUT2D eigenvalue weighted by Crippen LogP contribution is 2.49. The van der Waals surface area contributed by atoms with Gasteiger partial charge in [-0.1, -0.05) is 24.3 Å². The van der Waals surface area contributed by atoms with E-state index in [-0.39, 0.29) is 5.56 Å². The zero-order chi connectivity index (χ0) is 11.8. The van der Waals surface area contributed by atoms with Crippen LogP contribution in [0.25, 0.3) is 0 Å². The number of carbonyl (C=O) groups excluding carboxylic acids is 1. The first-order valence-electron chi connectivity index (χ1n) is 5.06. The molecule has 16 heavy (non-hydrogen) atoms. The third-order valence-electron chi connectivity index (χ3n) is 2.91. The first-order valence-corrected chi connectivity index (χ1v) is 5.06. The molecule has 0 atom stereocenters. The van der Waals surface area contributed by atoms with E-state index in [1.807, 2.05) is 0 Å². The van der Waals surface area contributed by atoms with Gasteiger partial charge in [-0.15, -0.1) is 0 Å². The molecule has 0 aliphatic heterocycles. The topological polar surface area (TPSA) is 29.4 Å². The number of hydrogen-bond acceptors (Lipinski definition) is 2. The lowest BCUT2D eigenvalue weighted by molar-refractivity contribution is 0.0174. The summed E-state index contributed by atoms with van der Waals surface area (Å²) in [5, 5.41) is 0. The molecule has 1 aliphatic rings. The van der Waals surface area contributed by atoms with Gasteiger partial charge in [-0.3, -0.25) is 0 Å². The number of benzene rings is 1. The van der Waals surface area contributed by atoms with E-state index in [0.29, 0.717) is 0 Å². The Morgan fingerprint density at radius 3 is 2.25 bits per heavy atom. The Hall–Kier alpha value is -1.54. The zero-order valence-corrected chi connectivity index (χ0v) is 8.84. The number of alkyl halides is 2. The van der Waals surface area contributed by atoms with Crippen molar-refractivity contribution in [3.05, 3.63) is 35.4 Å². The summed E-state index contributed by atoms with van der Waals surface area (Å²) >= 11 is 0. The summed E-state index contributed by atoms with van der Waals surface area (Å²) in [7, 11) is 0. The van der Waals surface area contributed by atoms with Crippen LogP contribution in [0.15, 0.2) is 29.3 Å². The van der Waals surface area contributed by atoms with Crippen LogP contribution < -0.4 is 0 Å². The van der Waals surface area contributed by atoms with Gasteiger partial charge in [-0.25, -0.2) is 13.6 Å². The fraction of sp³-hybridized carbons (Fsp3) is 0.417. The molecule has 2 nitrogen and oxygen atoms in total. The molecule has 0 heterocycles. The lowest BCUT2D eigenvalue weighted by Crippen LogP contribution is -2.08. The first kappa shape index (κ1) is 11.0. The van der Waals surface area contributed by atoms with E-state index < -0.39 is 11.5 Å². The van der Waals surface area contributed by atoms with Crippen molar-refractivity contribution >= 4 is 6.08 Å². The molecule has 0 amide bonds. The summed E-state index contributed by atoms with van der Waals surface area (Å²) in [6.45, 7) is 0.860. The molecule has 0 bridgehead atoms. The maximum absolute atomic E-state index is 13.0. The van der Waals surface area contributed by atoms with Gasteiger partial charge in [0.2, 0.25) is 6.08 Å². The van der Waals surface area contributed by atoms with Crippen LogP contribution in [0, 0.1) is 0 Å². The number of hydrogen-bond donors (Lipinski definition) is 0. The predicted octanol–water partition coefficient (Wildman–Crippen LogP) is 3.12.